The molecule has 0 unspecified atom stereocenters. The molecule has 0 fully saturated rings. The Bertz CT molecular complexity index is 494. The summed E-state index contributed by atoms with van der Waals surface area (Å²) in [5.74, 6) is -0.435. The van der Waals surface area contributed by atoms with E-state index in [1.54, 1.807) is 13.0 Å². The molecule has 4 heteroatoms. The van der Waals surface area contributed by atoms with Crippen LogP contribution in [0.15, 0.2) is 30.4 Å². The first kappa shape index (κ1) is 18.1. The molecule has 0 bridgehead atoms. The van der Waals surface area contributed by atoms with Gasteiger partial charge >= 0.3 is 5.97 Å². The summed E-state index contributed by atoms with van der Waals surface area (Å²) in [5.41, 5.74) is 1.49. The molecule has 0 aliphatic rings. The molecule has 122 valence electrons. The number of hydrogen-bond acceptors (Lipinski definition) is 4. The summed E-state index contributed by atoms with van der Waals surface area (Å²) in [7, 11) is 0. The fraction of sp³-hybridized carbons (Fsp3) is 0.500. The molecule has 2 N–H and O–H groups in total. The lowest BCUT2D eigenvalue weighted by molar-refractivity contribution is -0.139. The monoisotopic (exact) mass is 306 g/mol. The number of phenols is 2. The Morgan fingerprint density at radius 3 is 2.32 bits per heavy atom. The minimum Gasteiger partial charge on any atom is -0.504 e. The van der Waals surface area contributed by atoms with Crippen molar-refractivity contribution in [2.75, 3.05) is 6.61 Å². The number of aryl methyl sites for hydroxylation is 1. The van der Waals surface area contributed by atoms with Gasteiger partial charge in [0.1, 0.15) is 0 Å². The Morgan fingerprint density at radius 2 is 1.68 bits per heavy atom. The fourth-order valence-corrected chi connectivity index (χ4v) is 2.15. The van der Waals surface area contributed by atoms with Crippen molar-refractivity contribution in [3.05, 3.63) is 35.9 Å². The summed E-state index contributed by atoms with van der Waals surface area (Å²) in [4.78, 5) is 11.1. The lowest BCUT2D eigenvalue weighted by atomic mass is 10.0. The second-order valence-corrected chi connectivity index (χ2v) is 5.61. The van der Waals surface area contributed by atoms with Crippen LogP contribution in [0, 0.1) is 0 Å². The number of carbonyl (C=O) groups excluding carboxylic acids is 1. The highest BCUT2D eigenvalue weighted by molar-refractivity contribution is 5.86. The smallest absolute Gasteiger partial charge is 0.333 e. The maximum atomic E-state index is 11.1. The molecule has 0 radical (unpaired) electrons. The topological polar surface area (TPSA) is 66.8 Å². The maximum Gasteiger partial charge on any atom is 0.333 e. The number of carbonyl (C=O) groups is 1. The van der Waals surface area contributed by atoms with Crippen LogP contribution in [0.3, 0.4) is 0 Å². The molecule has 1 aromatic carbocycles. The molecule has 0 aromatic heterocycles. The molecule has 0 aliphatic heterocycles. The van der Waals surface area contributed by atoms with E-state index in [0.29, 0.717) is 12.2 Å². The molecule has 22 heavy (non-hydrogen) atoms. The first-order valence-electron chi connectivity index (χ1n) is 7.84. The van der Waals surface area contributed by atoms with Gasteiger partial charge in [0, 0.05) is 5.57 Å². The Hall–Kier alpha value is -1.97. The highest BCUT2D eigenvalue weighted by Gasteiger charge is 2.02. The standard InChI is InChI=1S/C18H26O4/c1-14(2)18(21)22-12-8-6-4-3-5-7-9-15-10-11-16(19)17(20)13-15/h10-11,13,19-20H,1,3-9,12H2,2H3. The van der Waals surface area contributed by atoms with Gasteiger partial charge in [-0.1, -0.05) is 38.3 Å². The number of hydrogen-bond donors (Lipinski definition) is 2. The van der Waals surface area contributed by atoms with Gasteiger partial charge < -0.3 is 14.9 Å². The van der Waals surface area contributed by atoms with Crippen LogP contribution in [0.5, 0.6) is 11.5 Å². The number of rotatable bonds is 10. The lowest BCUT2D eigenvalue weighted by Crippen LogP contribution is -2.05. The van der Waals surface area contributed by atoms with E-state index < -0.39 is 0 Å². The number of unbranched alkanes of at least 4 members (excludes halogenated alkanes) is 5. The summed E-state index contributed by atoms with van der Waals surface area (Å²) in [6.45, 7) is 5.65. The van der Waals surface area contributed by atoms with Crippen LogP contribution in [0.25, 0.3) is 0 Å². The van der Waals surface area contributed by atoms with Crippen molar-refractivity contribution in [2.45, 2.75) is 51.9 Å². The quantitative estimate of drug-likeness (QED) is 0.295. The minimum atomic E-state index is -0.308. The predicted molar refractivity (Wildman–Crippen MR) is 87.0 cm³/mol. The van der Waals surface area contributed by atoms with Crippen molar-refractivity contribution in [2.24, 2.45) is 0 Å². The van der Waals surface area contributed by atoms with Crippen LogP contribution < -0.4 is 0 Å². The third-order valence-electron chi connectivity index (χ3n) is 3.48. The van der Waals surface area contributed by atoms with E-state index in [0.717, 1.165) is 50.5 Å². The normalized spacial score (nSPS) is 10.4. The van der Waals surface area contributed by atoms with Gasteiger partial charge in [0.25, 0.3) is 0 Å². The van der Waals surface area contributed by atoms with E-state index in [9.17, 15) is 15.0 Å². The second kappa shape index (κ2) is 9.87. The number of ether oxygens (including phenoxy) is 1. The number of esters is 1. The number of aromatic hydroxyl groups is 2. The SMILES string of the molecule is C=C(C)C(=O)OCCCCCCCCc1ccc(O)c(O)c1. The van der Waals surface area contributed by atoms with Gasteiger partial charge in [0.05, 0.1) is 6.61 Å². The molecule has 0 spiro atoms. The van der Waals surface area contributed by atoms with Crippen molar-refractivity contribution < 1.29 is 19.7 Å². The first-order valence-corrected chi connectivity index (χ1v) is 7.84. The number of benzene rings is 1. The molecular weight excluding hydrogens is 280 g/mol. The summed E-state index contributed by atoms with van der Waals surface area (Å²) in [6.07, 6.45) is 7.34. The molecule has 0 saturated heterocycles. The van der Waals surface area contributed by atoms with E-state index >= 15 is 0 Å². The van der Waals surface area contributed by atoms with Gasteiger partial charge in [-0.25, -0.2) is 4.79 Å². The molecule has 0 heterocycles. The summed E-state index contributed by atoms with van der Waals surface area (Å²) in [5, 5.41) is 18.6. The molecule has 0 amide bonds. The Morgan fingerprint density at radius 1 is 1.05 bits per heavy atom. The van der Waals surface area contributed by atoms with Crippen molar-refractivity contribution >= 4 is 5.97 Å². The Kier molecular flexibility index (Phi) is 8.11. The predicted octanol–water partition coefficient (Wildman–Crippen LogP) is 4.10. The van der Waals surface area contributed by atoms with Crippen LogP contribution in [-0.2, 0) is 16.0 Å². The average molecular weight is 306 g/mol. The third-order valence-corrected chi connectivity index (χ3v) is 3.48. The van der Waals surface area contributed by atoms with Crippen molar-refractivity contribution in [1.82, 2.24) is 0 Å². The molecule has 0 saturated carbocycles. The number of phenolic OH excluding ortho intramolecular Hbond substituents is 2. The molecule has 4 nitrogen and oxygen atoms in total. The molecule has 0 aliphatic carbocycles. The van der Waals surface area contributed by atoms with E-state index in [2.05, 4.69) is 6.58 Å². The van der Waals surface area contributed by atoms with E-state index in [-0.39, 0.29) is 17.5 Å². The average Bonchev–Trinajstić information content (AvgIpc) is 2.48. The van der Waals surface area contributed by atoms with Crippen molar-refractivity contribution in [3.63, 3.8) is 0 Å². The molecular formula is C18H26O4. The summed E-state index contributed by atoms with van der Waals surface area (Å²) >= 11 is 0. The van der Waals surface area contributed by atoms with E-state index in [1.165, 1.54) is 6.07 Å². The maximum absolute atomic E-state index is 11.1. The van der Waals surface area contributed by atoms with Gasteiger partial charge in [-0.15, -0.1) is 0 Å². The van der Waals surface area contributed by atoms with Gasteiger partial charge in [0.15, 0.2) is 11.5 Å². The van der Waals surface area contributed by atoms with Gasteiger partial charge in [-0.05, 0) is 43.9 Å². The zero-order valence-corrected chi connectivity index (χ0v) is 13.3. The van der Waals surface area contributed by atoms with Crippen molar-refractivity contribution in [1.29, 1.82) is 0 Å². The van der Waals surface area contributed by atoms with Crippen LogP contribution in [0.4, 0.5) is 0 Å². The Labute approximate surface area is 132 Å². The third kappa shape index (κ3) is 7.16. The molecule has 1 aromatic rings. The Balaban J connectivity index is 1.98. The molecule has 0 atom stereocenters. The largest absolute Gasteiger partial charge is 0.504 e. The second-order valence-electron chi connectivity index (χ2n) is 5.61. The van der Waals surface area contributed by atoms with Crippen LogP contribution in [-0.4, -0.2) is 22.8 Å². The first-order chi connectivity index (χ1) is 10.5. The van der Waals surface area contributed by atoms with Gasteiger partial charge in [-0.2, -0.15) is 0 Å². The van der Waals surface area contributed by atoms with Crippen LogP contribution in [0.2, 0.25) is 0 Å². The van der Waals surface area contributed by atoms with Crippen molar-refractivity contribution in [3.8, 4) is 11.5 Å². The summed E-state index contributed by atoms with van der Waals surface area (Å²) < 4.78 is 5.03. The lowest BCUT2D eigenvalue weighted by Gasteiger charge is -2.05. The summed E-state index contributed by atoms with van der Waals surface area (Å²) in [6, 6.07) is 4.98. The van der Waals surface area contributed by atoms with Gasteiger partial charge in [0.2, 0.25) is 0 Å². The fourth-order valence-electron chi connectivity index (χ4n) is 2.15. The van der Waals surface area contributed by atoms with Crippen LogP contribution in [0.1, 0.15) is 51.0 Å². The van der Waals surface area contributed by atoms with Gasteiger partial charge in [-0.3, -0.25) is 0 Å². The molecule has 1 rings (SSSR count). The highest BCUT2D eigenvalue weighted by Crippen LogP contribution is 2.25. The van der Waals surface area contributed by atoms with E-state index in [1.807, 2.05) is 6.07 Å². The zero-order chi connectivity index (χ0) is 16.4. The van der Waals surface area contributed by atoms with E-state index in [4.69, 9.17) is 4.74 Å². The van der Waals surface area contributed by atoms with Crippen LogP contribution >= 0.6 is 0 Å². The zero-order valence-electron chi connectivity index (χ0n) is 13.3. The highest BCUT2D eigenvalue weighted by atomic mass is 16.5. The minimum absolute atomic E-state index is 0.0539.